The van der Waals surface area contributed by atoms with Crippen molar-refractivity contribution in [2.24, 2.45) is 5.73 Å². The number of sulfonamides is 1. The second kappa shape index (κ2) is 9.74. The maximum Gasteiger partial charge on any atom is 0.271 e. The van der Waals surface area contributed by atoms with Crippen molar-refractivity contribution < 1.29 is 17.9 Å². The largest absolute Gasteiger partial charge is 0.383 e. The van der Waals surface area contributed by atoms with E-state index in [1.54, 1.807) is 17.5 Å². The number of rotatable bonds is 10. The topological polar surface area (TPSA) is 123 Å². The molecule has 2 rings (SSSR count). The van der Waals surface area contributed by atoms with Crippen LogP contribution >= 0.6 is 11.3 Å². The molecule has 4 N–H and O–H groups in total. The Bertz CT molecular complexity index is 836. The smallest absolute Gasteiger partial charge is 0.271 e. The minimum atomic E-state index is -3.61. The number of aromatic nitrogens is 1. The van der Waals surface area contributed by atoms with Crippen molar-refractivity contribution in [3.63, 3.8) is 0 Å². The van der Waals surface area contributed by atoms with Crippen molar-refractivity contribution in [3.8, 4) is 0 Å². The van der Waals surface area contributed by atoms with Crippen molar-refractivity contribution >= 4 is 27.3 Å². The van der Waals surface area contributed by atoms with Gasteiger partial charge in [-0.3, -0.25) is 4.79 Å². The van der Waals surface area contributed by atoms with E-state index in [2.05, 4.69) is 15.0 Å². The minimum absolute atomic E-state index is 0.138. The Hall–Kier alpha value is -1.85. The Morgan fingerprint density at radius 3 is 2.92 bits per heavy atom. The van der Waals surface area contributed by atoms with Crippen molar-refractivity contribution in [1.82, 2.24) is 15.0 Å². The van der Waals surface area contributed by atoms with E-state index in [1.165, 1.54) is 30.6 Å². The number of nitrogens with two attached hydrogens (primary N) is 1. The summed E-state index contributed by atoms with van der Waals surface area (Å²) in [6.45, 7) is 1.15. The van der Waals surface area contributed by atoms with Crippen LogP contribution < -0.4 is 15.8 Å². The molecule has 0 radical (unpaired) electrons. The average molecular weight is 399 g/mol. The first-order valence-corrected chi connectivity index (χ1v) is 10.3. The molecule has 1 aromatic carbocycles. The molecule has 26 heavy (non-hydrogen) atoms. The predicted molar refractivity (Wildman–Crippen MR) is 99.5 cm³/mol. The molecule has 0 aliphatic heterocycles. The number of hydrogen-bond acceptors (Lipinski definition) is 7. The zero-order valence-corrected chi connectivity index (χ0v) is 16.0. The highest BCUT2D eigenvalue weighted by atomic mass is 32.2. The molecule has 2 aromatic rings. The molecule has 10 heteroatoms. The zero-order valence-electron chi connectivity index (χ0n) is 14.4. The fourth-order valence-corrected chi connectivity index (χ4v) is 3.99. The van der Waals surface area contributed by atoms with Crippen LogP contribution in [0.25, 0.3) is 0 Å². The summed E-state index contributed by atoms with van der Waals surface area (Å²) in [5.41, 5.74) is 6.48. The first-order chi connectivity index (χ1) is 12.5. The molecule has 1 amide bonds. The van der Waals surface area contributed by atoms with Gasteiger partial charge in [-0.15, -0.1) is 11.3 Å². The van der Waals surface area contributed by atoms with Crippen molar-refractivity contribution in [2.75, 3.05) is 26.8 Å². The Labute approximate surface area is 156 Å². The number of carbonyl (C=O) groups excluding carboxylic acids is 1. The van der Waals surface area contributed by atoms with E-state index in [9.17, 15) is 13.2 Å². The second-order valence-electron chi connectivity index (χ2n) is 5.39. The maximum atomic E-state index is 12.2. The van der Waals surface area contributed by atoms with Crippen LogP contribution in [0.1, 0.15) is 21.1 Å². The van der Waals surface area contributed by atoms with Crippen molar-refractivity contribution in [2.45, 2.75) is 17.9 Å². The summed E-state index contributed by atoms with van der Waals surface area (Å²) < 4.78 is 31.7. The predicted octanol–water partition coefficient (Wildman–Crippen LogP) is 0.499. The lowest BCUT2D eigenvalue weighted by molar-refractivity contribution is 0.0946. The van der Waals surface area contributed by atoms with Gasteiger partial charge in [0.25, 0.3) is 5.91 Å². The summed E-state index contributed by atoms with van der Waals surface area (Å²) in [6.07, 6.45) is 0.633. The van der Waals surface area contributed by atoms with Crippen molar-refractivity contribution in [1.29, 1.82) is 0 Å². The van der Waals surface area contributed by atoms with Gasteiger partial charge in [0.05, 0.1) is 16.5 Å². The number of nitrogens with zero attached hydrogens (tertiary/aromatic N) is 1. The van der Waals surface area contributed by atoms with Gasteiger partial charge < -0.3 is 15.8 Å². The fourth-order valence-electron chi connectivity index (χ4n) is 2.11. The Morgan fingerprint density at radius 1 is 1.38 bits per heavy atom. The quantitative estimate of drug-likeness (QED) is 0.501. The first-order valence-electron chi connectivity index (χ1n) is 7.96. The summed E-state index contributed by atoms with van der Waals surface area (Å²) in [4.78, 5) is 16.5. The summed E-state index contributed by atoms with van der Waals surface area (Å²) in [7, 11) is -2.12. The lowest BCUT2D eigenvalue weighted by Crippen LogP contribution is -2.27. The molecule has 142 valence electrons. The number of thiazole rings is 1. The van der Waals surface area contributed by atoms with Gasteiger partial charge in [0.1, 0.15) is 5.69 Å². The molecule has 1 aromatic heterocycles. The molecule has 0 bridgehead atoms. The van der Waals surface area contributed by atoms with Crippen LogP contribution in [0, 0.1) is 0 Å². The van der Waals surface area contributed by atoms with Crippen LogP contribution in [0.5, 0.6) is 0 Å². The second-order valence-corrected chi connectivity index (χ2v) is 8.10. The molecule has 0 atom stereocenters. The van der Waals surface area contributed by atoms with Crippen LogP contribution in [-0.2, 0) is 27.7 Å². The van der Waals surface area contributed by atoms with E-state index in [4.69, 9.17) is 10.5 Å². The van der Waals surface area contributed by atoms with Gasteiger partial charge in [0.2, 0.25) is 10.0 Å². The normalized spacial score (nSPS) is 11.5. The Kier molecular flexibility index (Phi) is 7.66. The summed E-state index contributed by atoms with van der Waals surface area (Å²) >= 11 is 1.39. The number of carbonyl (C=O) groups is 1. The highest BCUT2D eigenvalue weighted by Gasteiger charge is 2.14. The Balaban J connectivity index is 1.98. The number of ether oxygens (including phenoxy) is 1. The average Bonchev–Trinajstić information content (AvgIpc) is 3.09. The van der Waals surface area contributed by atoms with Crippen LogP contribution in [-0.4, -0.2) is 46.1 Å². The summed E-state index contributed by atoms with van der Waals surface area (Å²) in [5, 5.41) is 5.23. The maximum absolute atomic E-state index is 12.2. The number of amides is 1. The minimum Gasteiger partial charge on any atom is -0.383 e. The molecule has 0 unspecified atom stereocenters. The SMILES string of the molecule is COCCNS(=O)(=O)c1cccc(CNC(=O)c2csc(CCN)n2)c1. The molecule has 0 saturated carbocycles. The van der Waals surface area contributed by atoms with Gasteiger partial charge in [0.15, 0.2) is 0 Å². The van der Waals surface area contributed by atoms with E-state index in [0.717, 1.165) is 5.01 Å². The molecule has 0 aliphatic carbocycles. The summed E-state index contributed by atoms with van der Waals surface area (Å²) in [6, 6.07) is 6.40. The van der Waals surface area contributed by atoms with Gasteiger partial charge in [-0.25, -0.2) is 18.1 Å². The Morgan fingerprint density at radius 2 is 2.19 bits per heavy atom. The van der Waals surface area contributed by atoms with Crippen LogP contribution in [0.15, 0.2) is 34.5 Å². The molecule has 1 heterocycles. The lowest BCUT2D eigenvalue weighted by atomic mass is 10.2. The zero-order chi connectivity index (χ0) is 19.0. The summed E-state index contributed by atoms with van der Waals surface area (Å²) in [5.74, 6) is -0.309. The molecule has 0 saturated heterocycles. The fraction of sp³-hybridized carbons (Fsp3) is 0.375. The number of hydrogen-bond donors (Lipinski definition) is 3. The van der Waals surface area contributed by atoms with Gasteiger partial charge in [0, 0.05) is 32.0 Å². The molecular formula is C16H22N4O4S2. The van der Waals surface area contributed by atoms with Gasteiger partial charge >= 0.3 is 0 Å². The third kappa shape index (κ3) is 5.85. The molecule has 0 fully saturated rings. The molecule has 8 nitrogen and oxygen atoms in total. The van der Waals surface area contributed by atoms with Gasteiger partial charge in [-0.2, -0.15) is 0 Å². The molecular weight excluding hydrogens is 376 g/mol. The standard InChI is InChI=1S/C16H22N4O4S2/c1-24-8-7-19-26(22,23)13-4-2-3-12(9-13)10-18-16(21)14-11-25-15(20-14)5-6-17/h2-4,9,11,19H,5-8,10,17H2,1H3,(H,18,21). The lowest BCUT2D eigenvalue weighted by Gasteiger charge is -2.09. The van der Waals surface area contributed by atoms with E-state index in [0.29, 0.717) is 24.2 Å². The van der Waals surface area contributed by atoms with Crippen LogP contribution in [0.4, 0.5) is 0 Å². The highest BCUT2D eigenvalue weighted by molar-refractivity contribution is 7.89. The highest BCUT2D eigenvalue weighted by Crippen LogP contribution is 2.13. The van der Waals surface area contributed by atoms with E-state index in [1.807, 2.05) is 0 Å². The van der Waals surface area contributed by atoms with Crippen LogP contribution in [0.2, 0.25) is 0 Å². The molecule has 0 spiro atoms. The molecule has 0 aliphatic rings. The van der Waals surface area contributed by atoms with Crippen LogP contribution in [0.3, 0.4) is 0 Å². The number of nitrogens with one attached hydrogen (secondary N) is 2. The first kappa shape index (κ1) is 20.5. The number of methoxy groups -OCH3 is 1. The van der Waals surface area contributed by atoms with E-state index in [-0.39, 0.29) is 30.5 Å². The third-order valence-corrected chi connectivity index (χ3v) is 5.77. The van der Waals surface area contributed by atoms with Gasteiger partial charge in [-0.1, -0.05) is 12.1 Å². The third-order valence-electron chi connectivity index (χ3n) is 3.40. The van der Waals surface area contributed by atoms with Crippen molar-refractivity contribution in [3.05, 3.63) is 45.9 Å². The van der Waals surface area contributed by atoms with Gasteiger partial charge in [-0.05, 0) is 24.2 Å². The van der Waals surface area contributed by atoms with E-state index < -0.39 is 10.0 Å². The van der Waals surface area contributed by atoms with E-state index >= 15 is 0 Å². The monoisotopic (exact) mass is 398 g/mol. The number of benzene rings is 1.